The van der Waals surface area contributed by atoms with Gasteiger partial charge in [0.25, 0.3) is 0 Å². The lowest BCUT2D eigenvalue weighted by molar-refractivity contribution is 0.400. The Labute approximate surface area is 87.3 Å². The highest BCUT2D eigenvalue weighted by molar-refractivity contribution is 5.24. The van der Waals surface area contributed by atoms with Crippen molar-refractivity contribution in [2.75, 3.05) is 7.05 Å². The summed E-state index contributed by atoms with van der Waals surface area (Å²) in [5, 5.41) is 2.82. The monoisotopic (exact) mass is 217 g/mol. The van der Waals surface area contributed by atoms with Crippen molar-refractivity contribution in [2.24, 2.45) is 5.92 Å². The summed E-state index contributed by atoms with van der Waals surface area (Å²) in [5.41, 5.74) is -0.103. The predicted molar refractivity (Wildman–Crippen MR) is 53.0 cm³/mol. The SMILES string of the molecule is CNC(c1c(F)cc(F)cc1F)C(C)C. The molecule has 0 aliphatic rings. The van der Waals surface area contributed by atoms with E-state index in [1.165, 1.54) is 0 Å². The van der Waals surface area contributed by atoms with Gasteiger partial charge in [-0.3, -0.25) is 0 Å². The second kappa shape index (κ2) is 4.66. The molecule has 0 amide bonds. The standard InChI is InChI=1S/C11H14F3N/c1-6(2)11(15-3)10-8(13)4-7(12)5-9(10)14/h4-6,11,15H,1-3H3. The second-order valence-electron chi connectivity index (χ2n) is 3.79. The number of hydrogen-bond donors (Lipinski definition) is 1. The maximum Gasteiger partial charge on any atom is 0.133 e. The van der Waals surface area contributed by atoms with Gasteiger partial charge >= 0.3 is 0 Å². The van der Waals surface area contributed by atoms with Gasteiger partial charge in [-0.15, -0.1) is 0 Å². The first kappa shape index (κ1) is 12.0. The van der Waals surface area contributed by atoms with Crippen LogP contribution in [0, 0.1) is 23.4 Å². The molecule has 1 nitrogen and oxygen atoms in total. The van der Waals surface area contributed by atoms with Crippen LogP contribution in [0.2, 0.25) is 0 Å². The first-order valence-electron chi connectivity index (χ1n) is 4.79. The zero-order valence-corrected chi connectivity index (χ0v) is 8.94. The van der Waals surface area contributed by atoms with Crippen molar-refractivity contribution in [2.45, 2.75) is 19.9 Å². The zero-order chi connectivity index (χ0) is 11.6. The van der Waals surface area contributed by atoms with E-state index in [0.717, 1.165) is 0 Å². The third kappa shape index (κ3) is 2.50. The molecule has 0 aliphatic heterocycles. The molecule has 1 aromatic rings. The third-order valence-corrected chi connectivity index (χ3v) is 2.33. The number of hydrogen-bond acceptors (Lipinski definition) is 1. The van der Waals surface area contributed by atoms with E-state index in [4.69, 9.17) is 0 Å². The lowest BCUT2D eigenvalue weighted by atomic mass is 9.95. The fraction of sp³-hybridized carbons (Fsp3) is 0.455. The lowest BCUT2D eigenvalue weighted by Gasteiger charge is -2.21. The quantitative estimate of drug-likeness (QED) is 0.820. The van der Waals surface area contributed by atoms with Gasteiger partial charge in [-0.2, -0.15) is 0 Å². The highest BCUT2D eigenvalue weighted by atomic mass is 19.1. The molecule has 4 heteroatoms. The van der Waals surface area contributed by atoms with Crippen molar-refractivity contribution in [1.29, 1.82) is 0 Å². The number of nitrogens with one attached hydrogen (secondary N) is 1. The Morgan fingerprint density at radius 2 is 1.53 bits per heavy atom. The molecular formula is C11H14F3N. The minimum atomic E-state index is -0.896. The largest absolute Gasteiger partial charge is 0.313 e. The van der Waals surface area contributed by atoms with Crippen LogP contribution in [0.15, 0.2) is 12.1 Å². The predicted octanol–water partition coefficient (Wildman–Crippen LogP) is 3.02. The summed E-state index contributed by atoms with van der Waals surface area (Å²) < 4.78 is 39.5. The molecule has 0 aliphatic carbocycles. The Morgan fingerprint density at radius 1 is 1.07 bits per heavy atom. The maximum atomic E-state index is 13.4. The summed E-state index contributed by atoms with van der Waals surface area (Å²) in [6, 6.07) is 0.946. The van der Waals surface area contributed by atoms with Crippen LogP contribution in [0.5, 0.6) is 0 Å². The van der Waals surface area contributed by atoms with Gasteiger partial charge in [-0.1, -0.05) is 13.8 Å². The van der Waals surface area contributed by atoms with Crippen LogP contribution in [0.1, 0.15) is 25.5 Å². The van der Waals surface area contributed by atoms with Crippen LogP contribution in [0.4, 0.5) is 13.2 Å². The van der Waals surface area contributed by atoms with Gasteiger partial charge < -0.3 is 5.32 Å². The van der Waals surface area contributed by atoms with Gasteiger partial charge in [0.2, 0.25) is 0 Å². The zero-order valence-electron chi connectivity index (χ0n) is 8.94. The molecular weight excluding hydrogens is 203 g/mol. The van der Waals surface area contributed by atoms with Crippen molar-refractivity contribution in [3.8, 4) is 0 Å². The third-order valence-electron chi connectivity index (χ3n) is 2.33. The van der Waals surface area contributed by atoms with E-state index in [9.17, 15) is 13.2 Å². The molecule has 0 heterocycles. The van der Waals surface area contributed by atoms with Crippen LogP contribution in [0.3, 0.4) is 0 Å². The summed E-state index contributed by atoms with van der Waals surface area (Å²) >= 11 is 0. The average molecular weight is 217 g/mol. The molecule has 1 aromatic carbocycles. The minimum absolute atomic E-state index is 0.0180. The highest BCUT2D eigenvalue weighted by Gasteiger charge is 2.22. The Balaban J connectivity index is 3.23. The number of rotatable bonds is 3. The van der Waals surface area contributed by atoms with E-state index in [-0.39, 0.29) is 11.5 Å². The van der Waals surface area contributed by atoms with Crippen LogP contribution in [-0.4, -0.2) is 7.05 Å². The topological polar surface area (TPSA) is 12.0 Å². The fourth-order valence-electron chi connectivity index (χ4n) is 1.66. The second-order valence-corrected chi connectivity index (χ2v) is 3.79. The first-order chi connectivity index (χ1) is 6.97. The molecule has 1 atom stereocenters. The van der Waals surface area contributed by atoms with Crippen LogP contribution < -0.4 is 5.32 Å². The molecule has 0 radical (unpaired) electrons. The molecule has 0 saturated heterocycles. The van der Waals surface area contributed by atoms with E-state index in [1.807, 2.05) is 13.8 Å². The van der Waals surface area contributed by atoms with Crippen LogP contribution in [-0.2, 0) is 0 Å². The molecule has 1 N–H and O–H groups in total. The summed E-state index contributed by atoms with van der Waals surface area (Å²) in [7, 11) is 1.62. The summed E-state index contributed by atoms with van der Waals surface area (Å²) in [5.74, 6) is -2.57. The molecule has 0 spiro atoms. The molecule has 1 unspecified atom stereocenters. The van der Waals surface area contributed by atoms with E-state index >= 15 is 0 Å². The Bertz CT molecular complexity index is 327. The Hall–Kier alpha value is -1.03. The average Bonchev–Trinajstić information content (AvgIpc) is 2.09. The van der Waals surface area contributed by atoms with Crippen molar-refractivity contribution >= 4 is 0 Å². The first-order valence-corrected chi connectivity index (χ1v) is 4.79. The van der Waals surface area contributed by atoms with Gasteiger partial charge in [0.05, 0.1) is 0 Å². The normalized spacial score (nSPS) is 13.3. The van der Waals surface area contributed by atoms with Crippen molar-refractivity contribution < 1.29 is 13.2 Å². The molecule has 0 fully saturated rings. The van der Waals surface area contributed by atoms with Crippen molar-refractivity contribution in [3.63, 3.8) is 0 Å². The molecule has 0 saturated carbocycles. The minimum Gasteiger partial charge on any atom is -0.313 e. The van der Waals surface area contributed by atoms with Gasteiger partial charge in [0.1, 0.15) is 17.5 Å². The summed E-state index contributed by atoms with van der Waals surface area (Å²) in [4.78, 5) is 0. The maximum absolute atomic E-state index is 13.4. The fourth-order valence-corrected chi connectivity index (χ4v) is 1.66. The lowest BCUT2D eigenvalue weighted by Crippen LogP contribution is -2.24. The molecule has 0 bridgehead atoms. The number of halogens is 3. The van der Waals surface area contributed by atoms with Crippen LogP contribution in [0.25, 0.3) is 0 Å². The summed E-state index contributed by atoms with van der Waals surface area (Å²) in [6.07, 6.45) is 0. The van der Waals surface area contributed by atoms with E-state index in [1.54, 1.807) is 7.05 Å². The van der Waals surface area contributed by atoms with Gasteiger partial charge in [-0.25, -0.2) is 13.2 Å². The summed E-state index contributed by atoms with van der Waals surface area (Å²) in [6.45, 7) is 3.67. The molecule has 84 valence electrons. The molecule has 15 heavy (non-hydrogen) atoms. The molecule has 1 rings (SSSR count). The highest BCUT2D eigenvalue weighted by Crippen LogP contribution is 2.27. The Morgan fingerprint density at radius 3 is 1.87 bits per heavy atom. The van der Waals surface area contributed by atoms with Crippen LogP contribution >= 0.6 is 0 Å². The smallest absolute Gasteiger partial charge is 0.133 e. The van der Waals surface area contributed by atoms with Crippen molar-refractivity contribution in [1.82, 2.24) is 5.32 Å². The Kier molecular flexibility index (Phi) is 3.74. The van der Waals surface area contributed by atoms with E-state index in [0.29, 0.717) is 12.1 Å². The van der Waals surface area contributed by atoms with Gasteiger partial charge in [0.15, 0.2) is 0 Å². The van der Waals surface area contributed by atoms with Gasteiger partial charge in [-0.05, 0) is 13.0 Å². The van der Waals surface area contributed by atoms with Gasteiger partial charge in [0, 0.05) is 23.7 Å². The van der Waals surface area contributed by atoms with Crippen molar-refractivity contribution in [3.05, 3.63) is 35.1 Å². The number of benzene rings is 1. The van der Waals surface area contributed by atoms with E-state index in [2.05, 4.69) is 5.32 Å². The molecule has 0 aromatic heterocycles. The van der Waals surface area contributed by atoms with E-state index < -0.39 is 23.5 Å².